The molecule has 0 spiro atoms. The highest BCUT2D eigenvalue weighted by Gasteiger charge is 2.27. The van der Waals surface area contributed by atoms with E-state index in [2.05, 4.69) is 24.1 Å². The van der Waals surface area contributed by atoms with Crippen LogP contribution in [0.2, 0.25) is 5.15 Å². The summed E-state index contributed by atoms with van der Waals surface area (Å²) in [6.07, 6.45) is 3.94. The molecule has 3 unspecified atom stereocenters. The van der Waals surface area contributed by atoms with E-state index >= 15 is 0 Å². The Hall–Kier alpha value is -0.760. The summed E-state index contributed by atoms with van der Waals surface area (Å²) in [5.74, 6) is 1.53. The third kappa shape index (κ3) is 2.92. The van der Waals surface area contributed by atoms with Crippen LogP contribution < -0.4 is 5.32 Å². The lowest BCUT2D eigenvalue weighted by Gasteiger charge is -2.35. The Morgan fingerprint density at radius 3 is 2.76 bits per heavy atom. The predicted octanol–water partition coefficient (Wildman–Crippen LogP) is 4.28. The highest BCUT2D eigenvalue weighted by molar-refractivity contribution is 6.29. The van der Waals surface area contributed by atoms with Crippen molar-refractivity contribution in [1.29, 1.82) is 0 Å². The molecule has 3 atom stereocenters. The SMILES string of the molecule is Cc1nc(Cl)ccc1NC1CCCC(C)C1C. The van der Waals surface area contributed by atoms with Gasteiger partial charge in [-0.3, -0.25) is 0 Å². The van der Waals surface area contributed by atoms with Crippen LogP contribution in [-0.2, 0) is 0 Å². The van der Waals surface area contributed by atoms with Gasteiger partial charge in [-0.2, -0.15) is 0 Å². The molecule has 0 bridgehead atoms. The summed E-state index contributed by atoms with van der Waals surface area (Å²) >= 11 is 5.87. The molecule has 1 aliphatic rings. The molecule has 1 N–H and O–H groups in total. The number of nitrogens with zero attached hydrogens (tertiary/aromatic N) is 1. The molecule has 0 radical (unpaired) electrons. The van der Waals surface area contributed by atoms with Gasteiger partial charge in [-0.1, -0.05) is 38.3 Å². The Morgan fingerprint density at radius 1 is 1.29 bits per heavy atom. The van der Waals surface area contributed by atoms with Gasteiger partial charge >= 0.3 is 0 Å². The smallest absolute Gasteiger partial charge is 0.129 e. The molecule has 3 heteroatoms. The van der Waals surface area contributed by atoms with E-state index in [0.717, 1.165) is 23.2 Å². The molecule has 1 heterocycles. The van der Waals surface area contributed by atoms with Gasteiger partial charge in [0.05, 0.1) is 11.4 Å². The largest absolute Gasteiger partial charge is 0.381 e. The Labute approximate surface area is 109 Å². The van der Waals surface area contributed by atoms with E-state index in [0.29, 0.717) is 11.2 Å². The molecule has 94 valence electrons. The Morgan fingerprint density at radius 2 is 2.06 bits per heavy atom. The second-order valence-electron chi connectivity index (χ2n) is 5.29. The third-order valence-corrected chi connectivity index (χ3v) is 4.31. The van der Waals surface area contributed by atoms with E-state index in [1.165, 1.54) is 19.3 Å². The quantitative estimate of drug-likeness (QED) is 0.795. The lowest BCUT2D eigenvalue weighted by atomic mass is 9.78. The van der Waals surface area contributed by atoms with Crippen molar-refractivity contribution in [1.82, 2.24) is 4.98 Å². The van der Waals surface area contributed by atoms with Crippen LogP contribution in [0.4, 0.5) is 5.69 Å². The fourth-order valence-corrected chi connectivity index (χ4v) is 2.86. The molecule has 1 aromatic rings. The van der Waals surface area contributed by atoms with Gasteiger partial charge in [0.1, 0.15) is 5.15 Å². The summed E-state index contributed by atoms with van der Waals surface area (Å²) in [6, 6.07) is 4.46. The minimum absolute atomic E-state index is 0.568. The first kappa shape index (κ1) is 12.7. The molecule has 0 saturated heterocycles. The van der Waals surface area contributed by atoms with Crippen molar-refractivity contribution in [2.75, 3.05) is 5.32 Å². The van der Waals surface area contributed by atoms with Crippen molar-refractivity contribution in [2.45, 2.75) is 46.1 Å². The first-order valence-corrected chi connectivity index (χ1v) is 6.85. The van der Waals surface area contributed by atoms with Crippen molar-refractivity contribution >= 4 is 17.3 Å². The van der Waals surface area contributed by atoms with E-state index in [9.17, 15) is 0 Å². The van der Waals surface area contributed by atoms with Crippen LogP contribution in [0.25, 0.3) is 0 Å². The zero-order chi connectivity index (χ0) is 12.4. The van der Waals surface area contributed by atoms with E-state index in [-0.39, 0.29) is 0 Å². The summed E-state index contributed by atoms with van der Waals surface area (Å²) in [6.45, 7) is 6.71. The van der Waals surface area contributed by atoms with Crippen LogP contribution in [0.1, 0.15) is 38.8 Å². The summed E-state index contributed by atoms with van der Waals surface area (Å²) in [4.78, 5) is 4.29. The van der Waals surface area contributed by atoms with Crippen molar-refractivity contribution in [3.8, 4) is 0 Å². The van der Waals surface area contributed by atoms with Crippen LogP contribution in [0, 0.1) is 18.8 Å². The Kier molecular flexibility index (Phi) is 3.93. The summed E-state index contributed by atoms with van der Waals surface area (Å²) in [5.41, 5.74) is 2.11. The molecule has 1 fully saturated rings. The zero-order valence-corrected chi connectivity index (χ0v) is 11.6. The number of nitrogens with one attached hydrogen (secondary N) is 1. The molecule has 0 amide bonds. The number of aryl methyl sites for hydroxylation is 1. The molecule has 1 aromatic heterocycles. The van der Waals surface area contributed by atoms with Gasteiger partial charge in [-0.25, -0.2) is 4.98 Å². The van der Waals surface area contributed by atoms with Crippen molar-refractivity contribution in [3.05, 3.63) is 23.0 Å². The van der Waals surface area contributed by atoms with Gasteiger partial charge in [-0.05, 0) is 37.3 Å². The van der Waals surface area contributed by atoms with Crippen LogP contribution in [-0.4, -0.2) is 11.0 Å². The predicted molar refractivity (Wildman–Crippen MR) is 73.6 cm³/mol. The van der Waals surface area contributed by atoms with Gasteiger partial charge in [0.25, 0.3) is 0 Å². The summed E-state index contributed by atoms with van der Waals surface area (Å²) in [5, 5.41) is 4.20. The number of pyridine rings is 1. The minimum Gasteiger partial charge on any atom is -0.381 e. The van der Waals surface area contributed by atoms with Crippen molar-refractivity contribution in [2.24, 2.45) is 11.8 Å². The lowest BCUT2D eigenvalue weighted by Crippen LogP contribution is -2.35. The molecule has 0 aromatic carbocycles. The molecule has 1 saturated carbocycles. The first-order chi connectivity index (χ1) is 8.08. The lowest BCUT2D eigenvalue weighted by molar-refractivity contribution is 0.253. The molecule has 0 aliphatic heterocycles. The van der Waals surface area contributed by atoms with E-state index < -0.39 is 0 Å². The number of anilines is 1. The van der Waals surface area contributed by atoms with E-state index in [1.807, 2.05) is 19.1 Å². The van der Waals surface area contributed by atoms with Gasteiger partial charge < -0.3 is 5.32 Å². The maximum Gasteiger partial charge on any atom is 0.129 e. The van der Waals surface area contributed by atoms with Gasteiger partial charge in [0, 0.05) is 6.04 Å². The van der Waals surface area contributed by atoms with Gasteiger partial charge in [0.15, 0.2) is 0 Å². The van der Waals surface area contributed by atoms with Crippen LogP contribution in [0.15, 0.2) is 12.1 Å². The number of hydrogen-bond donors (Lipinski definition) is 1. The second kappa shape index (κ2) is 5.26. The standard InChI is InChI=1S/C14H21ClN2/c1-9-5-4-6-12(10(9)2)17-13-7-8-14(15)16-11(13)3/h7-10,12,17H,4-6H2,1-3H3. The van der Waals surface area contributed by atoms with Crippen molar-refractivity contribution < 1.29 is 0 Å². The minimum atomic E-state index is 0.568. The zero-order valence-electron chi connectivity index (χ0n) is 10.8. The van der Waals surface area contributed by atoms with Crippen LogP contribution >= 0.6 is 11.6 Å². The summed E-state index contributed by atoms with van der Waals surface area (Å²) in [7, 11) is 0. The second-order valence-corrected chi connectivity index (χ2v) is 5.67. The highest BCUT2D eigenvalue weighted by Crippen LogP contribution is 2.32. The molecular weight excluding hydrogens is 232 g/mol. The number of halogens is 1. The summed E-state index contributed by atoms with van der Waals surface area (Å²) < 4.78 is 0. The molecule has 1 aliphatic carbocycles. The highest BCUT2D eigenvalue weighted by atomic mass is 35.5. The van der Waals surface area contributed by atoms with E-state index in [4.69, 9.17) is 11.6 Å². The molecule has 2 nitrogen and oxygen atoms in total. The average Bonchev–Trinajstić information content (AvgIpc) is 2.28. The maximum absolute atomic E-state index is 5.87. The number of rotatable bonds is 2. The fourth-order valence-electron chi connectivity index (χ4n) is 2.67. The third-order valence-electron chi connectivity index (χ3n) is 4.10. The van der Waals surface area contributed by atoms with Crippen molar-refractivity contribution in [3.63, 3.8) is 0 Å². The van der Waals surface area contributed by atoms with E-state index in [1.54, 1.807) is 0 Å². The average molecular weight is 253 g/mol. The van der Waals surface area contributed by atoms with Crippen LogP contribution in [0.3, 0.4) is 0 Å². The molecule has 2 rings (SSSR count). The monoisotopic (exact) mass is 252 g/mol. The van der Waals surface area contributed by atoms with Crippen LogP contribution in [0.5, 0.6) is 0 Å². The first-order valence-electron chi connectivity index (χ1n) is 6.47. The maximum atomic E-state index is 5.87. The van der Waals surface area contributed by atoms with Gasteiger partial charge in [0.2, 0.25) is 0 Å². The number of aromatic nitrogens is 1. The Balaban J connectivity index is 2.09. The normalized spacial score (nSPS) is 29.1. The fraction of sp³-hybridized carbons (Fsp3) is 0.643. The number of hydrogen-bond acceptors (Lipinski definition) is 2. The molecular formula is C14H21ClN2. The topological polar surface area (TPSA) is 24.9 Å². The van der Waals surface area contributed by atoms with Gasteiger partial charge in [-0.15, -0.1) is 0 Å². The molecule has 17 heavy (non-hydrogen) atoms. The Bertz CT molecular complexity index is 392.